The average Bonchev–Trinajstić information content (AvgIpc) is 3.08. The molecule has 4 amide bonds. The molecule has 2 aliphatic rings. The van der Waals surface area contributed by atoms with E-state index in [9.17, 15) is 19.2 Å². The predicted octanol–water partition coefficient (Wildman–Crippen LogP) is 2.73. The van der Waals surface area contributed by atoms with Crippen LogP contribution in [0.1, 0.15) is 68.1 Å². The van der Waals surface area contributed by atoms with E-state index in [4.69, 9.17) is 4.74 Å². The van der Waals surface area contributed by atoms with Crippen molar-refractivity contribution in [1.29, 1.82) is 0 Å². The number of ether oxygens (including phenoxy) is 1. The maximum absolute atomic E-state index is 12.8. The predicted molar refractivity (Wildman–Crippen MR) is 121 cm³/mol. The standard InChI is InChI=1S/C25H27N3O5/c1-15(2)28-24(31)20-9-6-17(14-21(20)25(28)32)22(29)26-18-10-12-27(13-11-18)23(30)16-4-7-19(33-3)8-5-16/h4-9,14-15,18H,10-13H2,1-3H3,(H,26,29). The fourth-order valence-corrected chi connectivity index (χ4v) is 4.28. The highest BCUT2D eigenvalue weighted by atomic mass is 16.5. The number of hydrogen-bond acceptors (Lipinski definition) is 5. The first-order chi connectivity index (χ1) is 15.8. The molecule has 0 spiro atoms. The second-order valence-electron chi connectivity index (χ2n) is 8.60. The number of likely N-dealkylation sites (tertiary alicyclic amines) is 1. The Kier molecular flexibility index (Phi) is 6.18. The van der Waals surface area contributed by atoms with Gasteiger partial charge in [0.1, 0.15) is 5.75 Å². The summed E-state index contributed by atoms with van der Waals surface area (Å²) in [6.45, 7) is 4.63. The van der Waals surface area contributed by atoms with Crippen molar-refractivity contribution >= 4 is 23.6 Å². The van der Waals surface area contributed by atoms with Crippen LogP contribution in [-0.2, 0) is 0 Å². The Bertz CT molecular complexity index is 1100. The van der Waals surface area contributed by atoms with Crippen molar-refractivity contribution in [3.05, 3.63) is 64.7 Å². The normalized spacial score (nSPS) is 16.2. The number of carbonyl (C=O) groups excluding carboxylic acids is 4. The second-order valence-corrected chi connectivity index (χ2v) is 8.60. The van der Waals surface area contributed by atoms with Crippen LogP contribution in [0.4, 0.5) is 0 Å². The van der Waals surface area contributed by atoms with Crippen LogP contribution in [0.25, 0.3) is 0 Å². The molecule has 1 saturated heterocycles. The molecule has 0 bridgehead atoms. The number of imide groups is 1. The van der Waals surface area contributed by atoms with Gasteiger partial charge in [-0.15, -0.1) is 0 Å². The molecule has 2 aliphatic heterocycles. The van der Waals surface area contributed by atoms with E-state index in [0.717, 1.165) is 0 Å². The number of hydrogen-bond donors (Lipinski definition) is 1. The Morgan fingerprint density at radius 1 is 0.939 bits per heavy atom. The van der Waals surface area contributed by atoms with Gasteiger partial charge < -0.3 is 15.0 Å². The van der Waals surface area contributed by atoms with Crippen molar-refractivity contribution in [3.8, 4) is 5.75 Å². The van der Waals surface area contributed by atoms with Crippen molar-refractivity contribution < 1.29 is 23.9 Å². The molecule has 1 N–H and O–H groups in total. The van der Waals surface area contributed by atoms with E-state index in [2.05, 4.69) is 5.32 Å². The van der Waals surface area contributed by atoms with Crippen molar-refractivity contribution in [2.45, 2.75) is 38.8 Å². The number of nitrogens with one attached hydrogen (secondary N) is 1. The quantitative estimate of drug-likeness (QED) is 0.708. The van der Waals surface area contributed by atoms with Gasteiger partial charge >= 0.3 is 0 Å². The molecule has 0 radical (unpaired) electrons. The summed E-state index contributed by atoms with van der Waals surface area (Å²) in [7, 11) is 1.58. The third-order valence-corrected chi connectivity index (χ3v) is 6.15. The maximum atomic E-state index is 12.8. The lowest BCUT2D eigenvalue weighted by Crippen LogP contribution is -2.46. The third kappa shape index (κ3) is 4.33. The SMILES string of the molecule is COc1ccc(C(=O)N2CCC(NC(=O)c3ccc4c(c3)C(=O)N(C(C)C)C4=O)CC2)cc1. The van der Waals surface area contributed by atoms with Crippen LogP contribution in [0.5, 0.6) is 5.75 Å². The van der Waals surface area contributed by atoms with E-state index in [0.29, 0.717) is 48.4 Å². The van der Waals surface area contributed by atoms with E-state index in [1.165, 1.54) is 11.0 Å². The molecule has 1 fully saturated rings. The van der Waals surface area contributed by atoms with E-state index in [1.54, 1.807) is 62.3 Å². The lowest BCUT2D eigenvalue weighted by Gasteiger charge is -2.32. The number of fused-ring (bicyclic) bond motifs is 1. The third-order valence-electron chi connectivity index (χ3n) is 6.15. The largest absolute Gasteiger partial charge is 0.497 e. The van der Waals surface area contributed by atoms with Crippen LogP contribution >= 0.6 is 0 Å². The zero-order chi connectivity index (χ0) is 23.7. The summed E-state index contributed by atoms with van der Waals surface area (Å²) in [5, 5.41) is 3.00. The van der Waals surface area contributed by atoms with Crippen molar-refractivity contribution in [2.75, 3.05) is 20.2 Å². The van der Waals surface area contributed by atoms with Gasteiger partial charge in [-0.1, -0.05) is 0 Å². The lowest BCUT2D eigenvalue weighted by atomic mass is 10.0. The molecular weight excluding hydrogens is 422 g/mol. The Balaban J connectivity index is 1.36. The number of rotatable bonds is 5. The van der Waals surface area contributed by atoms with Crippen LogP contribution < -0.4 is 10.1 Å². The molecule has 2 heterocycles. The van der Waals surface area contributed by atoms with Crippen molar-refractivity contribution in [1.82, 2.24) is 15.1 Å². The highest BCUT2D eigenvalue weighted by Gasteiger charge is 2.37. The van der Waals surface area contributed by atoms with Gasteiger partial charge in [0, 0.05) is 36.3 Å². The summed E-state index contributed by atoms with van der Waals surface area (Å²) in [6, 6.07) is 11.3. The van der Waals surface area contributed by atoms with Gasteiger partial charge in [-0.3, -0.25) is 24.1 Å². The van der Waals surface area contributed by atoms with Crippen molar-refractivity contribution in [3.63, 3.8) is 0 Å². The monoisotopic (exact) mass is 449 g/mol. The van der Waals surface area contributed by atoms with Gasteiger partial charge in [-0.05, 0) is 69.2 Å². The van der Waals surface area contributed by atoms with Crippen LogP contribution in [0.15, 0.2) is 42.5 Å². The Morgan fingerprint density at radius 2 is 1.55 bits per heavy atom. The summed E-state index contributed by atoms with van der Waals surface area (Å²) in [5.74, 6) is -0.335. The number of amides is 4. The molecule has 0 aliphatic carbocycles. The molecule has 8 heteroatoms. The molecule has 8 nitrogen and oxygen atoms in total. The highest BCUT2D eigenvalue weighted by molar-refractivity contribution is 6.22. The van der Waals surface area contributed by atoms with Crippen LogP contribution in [0, 0.1) is 0 Å². The summed E-state index contributed by atoms with van der Waals surface area (Å²) in [6.07, 6.45) is 1.27. The Hall–Kier alpha value is -3.68. The zero-order valence-corrected chi connectivity index (χ0v) is 19.0. The van der Waals surface area contributed by atoms with Gasteiger partial charge in [0.05, 0.1) is 18.2 Å². The van der Waals surface area contributed by atoms with E-state index < -0.39 is 0 Å². The number of nitrogens with zero attached hydrogens (tertiary/aromatic N) is 2. The molecule has 33 heavy (non-hydrogen) atoms. The van der Waals surface area contributed by atoms with Gasteiger partial charge in [0.15, 0.2) is 0 Å². The topological polar surface area (TPSA) is 96.0 Å². The van der Waals surface area contributed by atoms with Crippen LogP contribution in [0.2, 0.25) is 0 Å². The molecule has 4 rings (SSSR count). The minimum Gasteiger partial charge on any atom is -0.497 e. The van der Waals surface area contributed by atoms with E-state index in [1.807, 2.05) is 0 Å². The zero-order valence-electron chi connectivity index (χ0n) is 19.0. The Labute approximate surface area is 192 Å². The lowest BCUT2D eigenvalue weighted by molar-refractivity contribution is 0.0607. The molecular formula is C25H27N3O5. The molecule has 172 valence electrons. The highest BCUT2D eigenvalue weighted by Crippen LogP contribution is 2.26. The first kappa shape index (κ1) is 22.5. The van der Waals surface area contributed by atoms with Crippen molar-refractivity contribution in [2.24, 2.45) is 0 Å². The fourth-order valence-electron chi connectivity index (χ4n) is 4.28. The molecule has 0 unspecified atom stereocenters. The molecule has 0 atom stereocenters. The Morgan fingerprint density at radius 3 is 2.15 bits per heavy atom. The second kappa shape index (κ2) is 9.05. The molecule has 2 aromatic rings. The number of benzene rings is 2. The summed E-state index contributed by atoms with van der Waals surface area (Å²) >= 11 is 0. The summed E-state index contributed by atoms with van der Waals surface area (Å²) in [4.78, 5) is 53.5. The van der Waals surface area contributed by atoms with E-state index in [-0.39, 0.29) is 41.3 Å². The molecule has 2 aromatic carbocycles. The van der Waals surface area contributed by atoms with Gasteiger partial charge in [-0.2, -0.15) is 0 Å². The molecule has 0 saturated carbocycles. The van der Waals surface area contributed by atoms with E-state index >= 15 is 0 Å². The minimum atomic E-state index is -0.370. The van der Waals surface area contributed by atoms with Gasteiger partial charge in [-0.25, -0.2) is 0 Å². The summed E-state index contributed by atoms with van der Waals surface area (Å²) in [5.41, 5.74) is 1.54. The minimum absolute atomic E-state index is 0.0426. The first-order valence-electron chi connectivity index (χ1n) is 11.1. The van der Waals surface area contributed by atoms with Crippen LogP contribution in [-0.4, -0.2) is 65.7 Å². The fraction of sp³-hybridized carbons (Fsp3) is 0.360. The molecule has 0 aromatic heterocycles. The van der Waals surface area contributed by atoms with Gasteiger partial charge in [0.2, 0.25) is 0 Å². The first-order valence-corrected chi connectivity index (χ1v) is 11.1. The number of carbonyl (C=O) groups is 4. The smallest absolute Gasteiger partial charge is 0.261 e. The summed E-state index contributed by atoms with van der Waals surface area (Å²) < 4.78 is 5.13. The number of piperidine rings is 1. The van der Waals surface area contributed by atoms with Gasteiger partial charge in [0.25, 0.3) is 23.6 Å². The van der Waals surface area contributed by atoms with Crippen LogP contribution in [0.3, 0.4) is 0 Å². The maximum Gasteiger partial charge on any atom is 0.261 e. The number of methoxy groups -OCH3 is 1. The average molecular weight is 450 g/mol.